The number of alkyl halides is 1. The molecule has 0 saturated carbocycles. The lowest BCUT2D eigenvalue weighted by Crippen LogP contribution is -2.13. The van der Waals surface area contributed by atoms with Crippen molar-refractivity contribution in [3.63, 3.8) is 0 Å². The van der Waals surface area contributed by atoms with E-state index in [1.807, 2.05) is 0 Å². The number of carboxylic acid groups (broad SMARTS) is 1. The molecule has 0 saturated heterocycles. The van der Waals surface area contributed by atoms with E-state index in [1.165, 1.54) is 6.07 Å². The molecule has 1 aromatic carbocycles. The van der Waals surface area contributed by atoms with Gasteiger partial charge in [-0.3, -0.25) is 14.9 Å². The first-order valence-electron chi connectivity index (χ1n) is 5.17. The molecule has 102 valence electrons. The number of carboxylic acids is 1. The Morgan fingerprint density at radius 1 is 1.42 bits per heavy atom. The van der Waals surface area contributed by atoms with E-state index >= 15 is 0 Å². The van der Waals surface area contributed by atoms with Crippen molar-refractivity contribution in [3.05, 3.63) is 39.4 Å². The number of hydrogen-bond acceptors (Lipinski definition) is 5. The van der Waals surface area contributed by atoms with Crippen molar-refractivity contribution >= 4 is 33.4 Å². The van der Waals surface area contributed by atoms with Crippen molar-refractivity contribution in [2.75, 3.05) is 5.33 Å². The number of nitro groups is 1. The highest BCUT2D eigenvalue weighted by Gasteiger charge is 2.26. The van der Waals surface area contributed by atoms with Crippen LogP contribution in [-0.4, -0.2) is 32.2 Å². The fourth-order valence-corrected chi connectivity index (χ4v) is 1.83. The van der Waals surface area contributed by atoms with Gasteiger partial charge >= 0.3 is 5.97 Å². The number of nitrogens with zero attached hydrogens (tertiary/aromatic N) is 1. The second-order valence-electron chi connectivity index (χ2n) is 3.63. The van der Waals surface area contributed by atoms with Crippen molar-refractivity contribution in [1.29, 1.82) is 0 Å². The lowest BCUT2D eigenvalue weighted by atomic mass is 10.0. The molecule has 0 radical (unpaired) electrons. The maximum atomic E-state index is 11.6. The monoisotopic (exact) mass is 331 g/mol. The van der Waals surface area contributed by atoms with E-state index in [0.29, 0.717) is 5.33 Å². The lowest BCUT2D eigenvalue weighted by Gasteiger charge is -2.08. The summed E-state index contributed by atoms with van der Waals surface area (Å²) in [7, 11) is 0. The molecule has 1 unspecified atom stereocenters. The van der Waals surface area contributed by atoms with E-state index in [0.717, 1.165) is 12.1 Å². The predicted molar refractivity (Wildman–Crippen MR) is 68.4 cm³/mol. The number of carbonyl (C=O) groups excluding carboxylic acids is 1. The van der Waals surface area contributed by atoms with E-state index in [9.17, 15) is 24.8 Å². The summed E-state index contributed by atoms with van der Waals surface area (Å²) in [5.41, 5.74) is -0.837. The van der Waals surface area contributed by atoms with Gasteiger partial charge in [-0.2, -0.15) is 0 Å². The SMILES string of the molecule is O=C(CCBr)c1ccc(C(O)C(=O)O)c([N+](=O)[O-])c1. The van der Waals surface area contributed by atoms with Crippen LogP contribution in [0.3, 0.4) is 0 Å². The molecule has 0 aliphatic heterocycles. The van der Waals surface area contributed by atoms with Crippen LogP contribution in [0.4, 0.5) is 5.69 Å². The van der Waals surface area contributed by atoms with E-state index in [2.05, 4.69) is 15.9 Å². The van der Waals surface area contributed by atoms with Gasteiger partial charge in [0.2, 0.25) is 0 Å². The molecule has 19 heavy (non-hydrogen) atoms. The topological polar surface area (TPSA) is 118 Å². The van der Waals surface area contributed by atoms with Crippen molar-refractivity contribution in [2.45, 2.75) is 12.5 Å². The molecule has 1 aromatic rings. The highest BCUT2D eigenvalue weighted by molar-refractivity contribution is 9.09. The molecular weight excluding hydrogens is 322 g/mol. The summed E-state index contributed by atoms with van der Waals surface area (Å²) < 4.78 is 0. The number of nitro benzene ring substituents is 1. The molecule has 2 N–H and O–H groups in total. The number of halogens is 1. The van der Waals surface area contributed by atoms with Gasteiger partial charge < -0.3 is 10.2 Å². The van der Waals surface area contributed by atoms with Gasteiger partial charge in [-0.1, -0.05) is 22.0 Å². The first kappa shape index (κ1) is 15.3. The van der Waals surface area contributed by atoms with Gasteiger partial charge in [-0.05, 0) is 6.07 Å². The molecular formula is C11H10BrNO6. The molecule has 0 aliphatic rings. The van der Waals surface area contributed by atoms with Crippen LogP contribution in [0.15, 0.2) is 18.2 Å². The second-order valence-corrected chi connectivity index (χ2v) is 4.43. The summed E-state index contributed by atoms with van der Waals surface area (Å²) >= 11 is 3.08. The van der Waals surface area contributed by atoms with Crippen LogP contribution in [0, 0.1) is 10.1 Å². The number of ketones is 1. The summed E-state index contributed by atoms with van der Waals surface area (Å²) in [5.74, 6) is -1.90. The summed E-state index contributed by atoms with van der Waals surface area (Å²) in [6, 6.07) is 3.32. The highest BCUT2D eigenvalue weighted by Crippen LogP contribution is 2.27. The largest absolute Gasteiger partial charge is 0.479 e. The van der Waals surface area contributed by atoms with Crippen LogP contribution < -0.4 is 0 Å². The minimum absolute atomic E-state index is 0.104. The smallest absolute Gasteiger partial charge is 0.337 e. The zero-order valence-corrected chi connectivity index (χ0v) is 11.2. The molecule has 0 bridgehead atoms. The number of aliphatic hydroxyl groups excluding tert-OH is 1. The fourth-order valence-electron chi connectivity index (χ4n) is 1.47. The average Bonchev–Trinajstić information content (AvgIpc) is 2.37. The normalized spacial score (nSPS) is 11.9. The summed E-state index contributed by atoms with van der Waals surface area (Å²) in [4.78, 5) is 32.3. The number of carbonyl (C=O) groups is 2. The Balaban J connectivity index is 3.26. The molecule has 1 rings (SSSR count). The summed E-state index contributed by atoms with van der Waals surface area (Å²) in [5, 5.41) is 29.3. The molecule has 0 heterocycles. The van der Waals surface area contributed by atoms with E-state index in [4.69, 9.17) is 5.11 Å². The van der Waals surface area contributed by atoms with Crippen LogP contribution >= 0.6 is 15.9 Å². The third-order valence-corrected chi connectivity index (χ3v) is 2.80. The van der Waals surface area contributed by atoms with E-state index in [-0.39, 0.29) is 23.3 Å². The van der Waals surface area contributed by atoms with Gasteiger partial charge in [0, 0.05) is 23.4 Å². The third kappa shape index (κ3) is 3.58. The number of aliphatic hydroxyl groups is 1. The van der Waals surface area contributed by atoms with Gasteiger partial charge in [0.05, 0.1) is 10.5 Å². The van der Waals surface area contributed by atoms with Crippen LogP contribution in [0.25, 0.3) is 0 Å². The second kappa shape index (κ2) is 6.39. The number of hydrogen-bond donors (Lipinski definition) is 2. The standard InChI is InChI=1S/C11H10BrNO6/c12-4-3-9(14)6-1-2-7(10(15)11(16)17)8(5-6)13(18)19/h1-2,5,10,15H,3-4H2,(H,16,17). The average molecular weight is 332 g/mol. The molecule has 0 aliphatic carbocycles. The van der Waals surface area contributed by atoms with Crippen molar-refractivity contribution in [3.8, 4) is 0 Å². The van der Waals surface area contributed by atoms with E-state index in [1.54, 1.807) is 0 Å². The Labute approximate surface area is 116 Å². The highest BCUT2D eigenvalue weighted by atomic mass is 79.9. The van der Waals surface area contributed by atoms with Crippen LogP contribution in [0.2, 0.25) is 0 Å². The van der Waals surface area contributed by atoms with Crippen molar-refractivity contribution < 1.29 is 24.7 Å². The minimum atomic E-state index is -2.00. The zero-order chi connectivity index (χ0) is 14.6. The first-order valence-corrected chi connectivity index (χ1v) is 6.29. The zero-order valence-electron chi connectivity index (χ0n) is 9.58. The fraction of sp³-hybridized carbons (Fsp3) is 0.273. The molecule has 0 amide bonds. The molecule has 0 spiro atoms. The summed E-state index contributed by atoms with van der Waals surface area (Å²) in [6.45, 7) is 0. The quantitative estimate of drug-likeness (QED) is 0.354. The van der Waals surface area contributed by atoms with Crippen LogP contribution in [0.1, 0.15) is 28.4 Å². The van der Waals surface area contributed by atoms with Crippen LogP contribution in [-0.2, 0) is 4.79 Å². The maximum absolute atomic E-state index is 11.6. The third-order valence-electron chi connectivity index (χ3n) is 2.40. The van der Waals surface area contributed by atoms with Gasteiger partial charge in [-0.15, -0.1) is 0 Å². The summed E-state index contributed by atoms with van der Waals surface area (Å²) in [6.07, 6.45) is -1.83. The molecule has 7 nitrogen and oxygen atoms in total. The Morgan fingerprint density at radius 3 is 2.53 bits per heavy atom. The first-order chi connectivity index (χ1) is 8.88. The van der Waals surface area contributed by atoms with Crippen molar-refractivity contribution in [1.82, 2.24) is 0 Å². The Bertz CT molecular complexity index is 530. The van der Waals surface area contributed by atoms with Gasteiger partial charge in [0.15, 0.2) is 11.9 Å². The van der Waals surface area contributed by atoms with Gasteiger partial charge in [-0.25, -0.2) is 4.79 Å². The number of aliphatic carboxylic acids is 1. The molecule has 0 fully saturated rings. The van der Waals surface area contributed by atoms with Gasteiger partial charge in [0.25, 0.3) is 5.69 Å². The molecule has 0 aromatic heterocycles. The Hall–Kier alpha value is -1.80. The van der Waals surface area contributed by atoms with Crippen LogP contribution in [0.5, 0.6) is 0 Å². The van der Waals surface area contributed by atoms with Gasteiger partial charge in [0.1, 0.15) is 0 Å². The number of Topliss-reactive ketones (excluding diaryl/α,β-unsaturated/α-hetero) is 1. The Morgan fingerprint density at radius 2 is 2.05 bits per heavy atom. The predicted octanol–water partition coefficient (Wildman–Crippen LogP) is 1.68. The van der Waals surface area contributed by atoms with Crippen molar-refractivity contribution in [2.24, 2.45) is 0 Å². The Kier molecular flexibility index (Phi) is 5.13. The maximum Gasteiger partial charge on any atom is 0.337 e. The number of rotatable bonds is 6. The lowest BCUT2D eigenvalue weighted by molar-refractivity contribution is -0.386. The number of benzene rings is 1. The van der Waals surface area contributed by atoms with E-state index < -0.39 is 22.7 Å². The molecule has 8 heteroatoms. The molecule has 1 atom stereocenters. The minimum Gasteiger partial charge on any atom is -0.479 e.